The summed E-state index contributed by atoms with van der Waals surface area (Å²) in [5.41, 5.74) is 0.662. The predicted octanol–water partition coefficient (Wildman–Crippen LogP) is 2.94. The van der Waals surface area contributed by atoms with Gasteiger partial charge in [0.1, 0.15) is 5.82 Å². The van der Waals surface area contributed by atoms with Crippen molar-refractivity contribution >= 4 is 52.1 Å². The number of nitrogens with one attached hydrogen (secondary N) is 1. The van der Waals surface area contributed by atoms with Crippen molar-refractivity contribution in [3.63, 3.8) is 0 Å². The van der Waals surface area contributed by atoms with Gasteiger partial charge in [0.05, 0.1) is 23.0 Å². The molecule has 12 heteroatoms. The van der Waals surface area contributed by atoms with Crippen LogP contribution in [0.5, 0.6) is 0 Å². The van der Waals surface area contributed by atoms with Gasteiger partial charge in [-0.05, 0) is 29.8 Å². The number of aryl methyl sites for hydroxylation is 3. The van der Waals surface area contributed by atoms with Crippen molar-refractivity contribution in [3.8, 4) is 0 Å². The van der Waals surface area contributed by atoms with Gasteiger partial charge in [0.15, 0.2) is 11.2 Å². The fourth-order valence-electron chi connectivity index (χ4n) is 3.55. The number of anilines is 2. The molecule has 10 nitrogen and oxygen atoms in total. The number of rotatable bonds is 7. The molecule has 0 spiro atoms. The Hall–Kier alpha value is -3.63. The van der Waals surface area contributed by atoms with Crippen molar-refractivity contribution < 1.29 is 9.90 Å². The number of fused-ring (bicyclic) bond motifs is 1. The van der Waals surface area contributed by atoms with Crippen molar-refractivity contribution in [1.29, 1.82) is 0 Å². The molecule has 0 aliphatic heterocycles. The van der Waals surface area contributed by atoms with Gasteiger partial charge in [0, 0.05) is 26.2 Å². The molecule has 0 fully saturated rings. The summed E-state index contributed by atoms with van der Waals surface area (Å²) in [6.45, 7) is 0.0133. The highest BCUT2D eigenvalue weighted by Gasteiger charge is 2.19. The summed E-state index contributed by atoms with van der Waals surface area (Å²) in [7, 11) is 3.19. The number of benzene rings is 1. The first-order valence-electron chi connectivity index (χ1n) is 10.2. The van der Waals surface area contributed by atoms with E-state index < -0.39 is 17.2 Å². The fourth-order valence-corrected chi connectivity index (χ4v) is 3.87. The summed E-state index contributed by atoms with van der Waals surface area (Å²) >= 11 is 12.0. The van der Waals surface area contributed by atoms with Crippen molar-refractivity contribution in [1.82, 2.24) is 23.7 Å². The summed E-state index contributed by atoms with van der Waals surface area (Å²) < 4.78 is 3.96. The smallest absolute Gasteiger partial charge is 0.332 e. The quantitative estimate of drug-likeness (QED) is 0.398. The van der Waals surface area contributed by atoms with Crippen LogP contribution in [0.25, 0.3) is 11.2 Å². The number of carboxylic acids is 1. The molecule has 3 heterocycles. The van der Waals surface area contributed by atoms with Gasteiger partial charge in [-0.2, -0.15) is 4.98 Å². The van der Waals surface area contributed by atoms with Crippen LogP contribution >= 0.6 is 23.2 Å². The molecule has 0 radical (unpaired) electrons. The molecule has 0 saturated heterocycles. The number of hydrogen-bond acceptors (Lipinski definition) is 6. The third-order valence-electron chi connectivity index (χ3n) is 5.33. The largest absolute Gasteiger partial charge is 0.481 e. The van der Waals surface area contributed by atoms with Gasteiger partial charge in [0.2, 0.25) is 5.95 Å². The van der Waals surface area contributed by atoms with Gasteiger partial charge in [0.25, 0.3) is 5.56 Å². The van der Waals surface area contributed by atoms with Crippen LogP contribution in [-0.2, 0) is 31.9 Å². The maximum atomic E-state index is 13.3. The fraction of sp³-hybridized carbons (Fsp3) is 0.227. The van der Waals surface area contributed by atoms with Crippen LogP contribution in [0.1, 0.15) is 17.7 Å². The van der Waals surface area contributed by atoms with Crippen LogP contribution in [0, 0.1) is 0 Å². The highest BCUT2D eigenvalue weighted by molar-refractivity contribution is 6.42. The van der Waals surface area contributed by atoms with E-state index in [1.54, 1.807) is 48.0 Å². The second kappa shape index (κ2) is 9.32. The Morgan fingerprint density at radius 1 is 1.06 bits per heavy atom. The Bertz CT molecular complexity index is 1540. The van der Waals surface area contributed by atoms with Crippen molar-refractivity contribution in [2.75, 3.05) is 5.32 Å². The van der Waals surface area contributed by atoms with Crippen LogP contribution in [0.15, 0.2) is 46.0 Å². The number of hydrogen-bond donors (Lipinski definition) is 2. The Labute approximate surface area is 203 Å². The summed E-state index contributed by atoms with van der Waals surface area (Å²) in [5.74, 6) is -0.173. The second-order valence-corrected chi connectivity index (χ2v) is 8.50. The van der Waals surface area contributed by atoms with Crippen LogP contribution in [0.3, 0.4) is 0 Å². The minimum Gasteiger partial charge on any atom is -0.481 e. The first-order valence-corrected chi connectivity index (χ1v) is 11.0. The van der Waals surface area contributed by atoms with E-state index in [4.69, 9.17) is 28.3 Å². The number of imidazole rings is 1. The van der Waals surface area contributed by atoms with Gasteiger partial charge in [-0.25, -0.2) is 9.78 Å². The highest BCUT2D eigenvalue weighted by Crippen LogP contribution is 2.23. The van der Waals surface area contributed by atoms with Gasteiger partial charge >= 0.3 is 11.7 Å². The van der Waals surface area contributed by atoms with Crippen LogP contribution in [0.2, 0.25) is 10.0 Å². The average molecular weight is 503 g/mol. The normalized spacial score (nSPS) is 11.2. The molecule has 0 atom stereocenters. The van der Waals surface area contributed by atoms with Gasteiger partial charge < -0.3 is 15.0 Å². The average Bonchev–Trinajstić information content (AvgIpc) is 3.12. The molecule has 1 aromatic carbocycles. The summed E-state index contributed by atoms with van der Waals surface area (Å²) in [6, 6.07) is 10.1. The number of halogens is 2. The molecule has 34 heavy (non-hydrogen) atoms. The van der Waals surface area contributed by atoms with Crippen molar-refractivity contribution in [2.24, 2.45) is 14.1 Å². The van der Waals surface area contributed by atoms with E-state index in [2.05, 4.69) is 15.3 Å². The molecular formula is C22H20Cl2N6O4. The molecule has 176 valence electrons. The van der Waals surface area contributed by atoms with E-state index in [1.807, 2.05) is 0 Å². The molecule has 4 rings (SSSR count). The van der Waals surface area contributed by atoms with Crippen LogP contribution in [-0.4, -0.2) is 34.7 Å². The molecule has 0 bridgehead atoms. The van der Waals surface area contributed by atoms with Gasteiger partial charge in [-0.15, -0.1) is 0 Å². The minimum atomic E-state index is -0.909. The molecule has 0 amide bonds. The van der Waals surface area contributed by atoms with Crippen molar-refractivity contribution in [2.45, 2.75) is 19.4 Å². The molecule has 3 aromatic heterocycles. The van der Waals surface area contributed by atoms with E-state index in [0.29, 0.717) is 33.1 Å². The molecular weight excluding hydrogens is 483 g/mol. The lowest BCUT2D eigenvalue weighted by molar-refractivity contribution is -0.136. The zero-order valence-electron chi connectivity index (χ0n) is 18.2. The van der Waals surface area contributed by atoms with Crippen LogP contribution < -0.4 is 16.6 Å². The summed E-state index contributed by atoms with van der Waals surface area (Å²) in [5, 5.41) is 12.6. The van der Waals surface area contributed by atoms with E-state index in [1.165, 1.54) is 11.6 Å². The molecule has 0 aliphatic rings. The third kappa shape index (κ3) is 4.55. The third-order valence-corrected chi connectivity index (χ3v) is 6.07. The van der Waals surface area contributed by atoms with E-state index in [0.717, 1.165) is 4.57 Å². The number of carbonyl (C=O) groups is 1. The Morgan fingerprint density at radius 3 is 2.53 bits per heavy atom. The first kappa shape index (κ1) is 23.5. The van der Waals surface area contributed by atoms with E-state index >= 15 is 0 Å². The maximum Gasteiger partial charge on any atom is 0.332 e. The lowest BCUT2D eigenvalue weighted by atomic mass is 10.2. The first-order chi connectivity index (χ1) is 16.2. The Balaban J connectivity index is 1.73. The molecule has 0 aliphatic carbocycles. The Kier molecular flexibility index (Phi) is 6.45. The highest BCUT2D eigenvalue weighted by atomic mass is 35.5. The number of aromatic nitrogens is 5. The van der Waals surface area contributed by atoms with Gasteiger partial charge in [-0.3, -0.25) is 18.7 Å². The standard InChI is InChI=1S/C22H20Cl2N6O4/c1-28-18-19(27-21(28)26-16-5-3-4-13(25-16)7-9-17(31)32)29(2)22(34)30(20(18)33)11-12-6-8-14(23)15(24)10-12/h3-6,8,10H,7,9,11H2,1-2H3,(H,31,32)(H,25,26,27). The molecule has 0 saturated carbocycles. The van der Waals surface area contributed by atoms with Gasteiger partial charge in [-0.1, -0.05) is 35.3 Å². The number of nitrogens with zero attached hydrogens (tertiary/aromatic N) is 5. The lowest BCUT2D eigenvalue weighted by Gasteiger charge is -2.09. The van der Waals surface area contributed by atoms with Crippen molar-refractivity contribution in [3.05, 3.63) is 78.5 Å². The number of aliphatic carboxylic acids is 1. The molecule has 4 aromatic rings. The zero-order valence-corrected chi connectivity index (χ0v) is 19.8. The minimum absolute atomic E-state index is 0.0133. The number of pyridine rings is 1. The van der Waals surface area contributed by atoms with Crippen LogP contribution in [0.4, 0.5) is 11.8 Å². The zero-order chi connectivity index (χ0) is 24.6. The topological polar surface area (TPSA) is 124 Å². The predicted molar refractivity (Wildman–Crippen MR) is 129 cm³/mol. The summed E-state index contributed by atoms with van der Waals surface area (Å²) in [6.07, 6.45) is 0.241. The van der Waals surface area contributed by atoms with E-state index in [-0.39, 0.29) is 30.6 Å². The molecule has 0 unspecified atom stereocenters. The Morgan fingerprint density at radius 2 is 1.82 bits per heavy atom. The maximum absolute atomic E-state index is 13.3. The monoisotopic (exact) mass is 502 g/mol. The SMILES string of the molecule is Cn1c(Nc2cccc(CCC(=O)O)n2)nc2c1c(=O)n(Cc1ccc(Cl)c(Cl)c1)c(=O)n2C. The number of carboxylic acid groups (broad SMARTS) is 1. The summed E-state index contributed by atoms with van der Waals surface area (Å²) in [4.78, 5) is 45.9. The lowest BCUT2D eigenvalue weighted by Crippen LogP contribution is -2.39. The van der Waals surface area contributed by atoms with E-state index in [9.17, 15) is 14.4 Å². The molecule has 2 N–H and O–H groups in total. The second-order valence-electron chi connectivity index (χ2n) is 7.68.